The fourth-order valence-corrected chi connectivity index (χ4v) is 11.3. The van der Waals surface area contributed by atoms with E-state index < -0.39 is 82.7 Å². The molecule has 2 N–H and O–H groups in total. The minimum Gasteiger partial charge on any atom is -0.478 e. The number of carboxylic acids is 2. The molecule has 0 aliphatic heterocycles. The molecule has 4 aromatic carbocycles. The van der Waals surface area contributed by atoms with E-state index in [2.05, 4.69) is 63.8 Å². The molecule has 18 nitrogen and oxygen atoms in total. The molecule has 2 aliphatic rings. The van der Waals surface area contributed by atoms with Gasteiger partial charge in [-0.15, -0.1) is 0 Å². The van der Waals surface area contributed by atoms with E-state index in [1.807, 2.05) is 0 Å². The number of alkyl halides is 2. The number of carboxylic acid groups (broad SMARTS) is 2. The van der Waals surface area contributed by atoms with Crippen LogP contribution in [0.15, 0.2) is 134 Å². The number of imidazole rings is 2. The topological polar surface area (TPSA) is 216 Å². The number of benzene rings is 4. The van der Waals surface area contributed by atoms with Gasteiger partial charge in [-0.2, -0.15) is 10.2 Å². The lowest BCUT2D eigenvalue weighted by atomic mass is 10.0. The zero-order valence-electron chi connectivity index (χ0n) is 53.9. The van der Waals surface area contributed by atoms with E-state index in [9.17, 15) is 46.1 Å². The van der Waals surface area contributed by atoms with E-state index in [4.69, 9.17) is 9.47 Å². The van der Waals surface area contributed by atoms with Gasteiger partial charge in [-0.25, -0.2) is 64.6 Å². The molecule has 0 radical (unpaired) electrons. The Labute approximate surface area is 572 Å². The highest BCUT2D eigenvalue weighted by Crippen LogP contribution is 2.49. The van der Waals surface area contributed by atoms with Crippen LogP contribution in [0.5, 0.6) is 11.8 Å². The van der Waals surface area contributed by atoms with E-state index >= 15 is 17.6 Å². The summed E-state index contributed by atoms with van der Waals surface area (Å²) in [7, 11) is 3.51. The lowest BCUT2D eigenvalue weighted by Crippen LogP contribution is -2.16. The first-order valence-corrected chi connectivity index (χ1v) is 31.4. The molecule has 0 spiro atoms. The van der Waals surface area contributed by atoms with Crippen LogP contribution in [0, 0.1) is 81.0 Å². The molecule has 516 valence electrons. The molecule has 2 fully saturated rings. The molecule has 8 heterocycles. The number of pyridine rings is 4. The number of hydrogen-bond donors (Lipinski definition) is 2. The number of carbonyl (C=O) groups is 2. The lowest BCUT2D eigenvalue weighted by Gasteiger charge is -2.16. The summed E-state index contributed by atoms with van der Waals surface area (Å²) in [5.41, 5.74) is -0.621. The Bertz CT molecular complexity index is 5120. The molecule has 14 rings (SSSR count). The SMILES string of the molecule is Cn1cc(C#Cc2cnc(COc3cccc(-c4cc(F)c(Cc5nc6c(F)cc(C(=O)O)cc6n5CC5(CF)CC5)cc4F)n3)c(F)c2)cn1.Cn1cc(C#Cc2cnc(COc3cccc(-c4cc(F)c(Cc5nc6c(F)cc(C(=O)O)cc6n5CC5(CF)CC5)cc4F)n3)c(F)c2)cn1. The molecule has 12 aromatic rings. The van der Waals surface area contributed by atoms with Gasteiger partial charge in [-0.1, -0.05) is 35.8 Å². The van der Waals surface area contributed by atoms with E-state index in [1.54, 1.807) is 48.2 Å². The molecule has 28 heteroatoms. The highest BCUT2D eigenvalue weighted by molar-refractivity contribution is 5.94. The van der Waals surface area contributed by atoms with Gasteiger partial charge in [-0.05, 0) is 110 Å². The summed E-state index contributed by atoms with van der Waals surface area (Å²) >= 11 is 0. The van der Waals surface area contributed by atoms with Gasteiger partial charge in [0, 0.05) is 110 Å². The number of aromatic carboxylic acids is 2. The summed E-state index contributed by atoms with van der Waals surface area (Å²) in [6.07, 6.45) is 11.1. The van der Waals surface area contributed by atoms with Crippen molar-refractivity contribution in [1.82, 2.24) is 58.6 Å². The molecule has 0 unspecified atom stereocenters. The van der Waals surface area contributed by atoms with Crippen molar-refractivity contribution in [1.29, 1.82) is 0 Å². The van der Waals surface area contributed by atoms with Crippen molar-refractivity contribution in [3.8, 4) is 58.0 Å². The monoisotopic (exact) mass is 1400 g/mol. The molecule has 8 aromatic heterocycles. The highest BCUT2D eigenvalue weighted by atomic mass is 19.2. The van der Waals surface area contributed by atoms with Crippen LogP contribution < -0.4 is 9.47 Å². The van der Waals surface area contributed by atoms with Gasteiger partial charge in [0.1, 0.15) is 82.2 Å². The zero-order valence-corrected chi connectivity index (χ0v) is 53.9. The van der Waals surface area contributed by atoms with Gasteiger partial charge in [0.25, 0.3) is 0 Å². The standard InChI is InChI=1S/2C37H27F5N6O3/c2*1-47-17-22(16-44-47)6-5-21-9-28(41)31(43-15-21)18-51-34-4-2-3-30(45-34)25-14-26(39)23(10-27(25)40)13-33-46-35-29(42)11-24(36(49)50)12-32(35)48(33)20-37(19-38)7-8-37/h2*2-4,9-12,14-17H,7-8,13,18-20H2,1H3,(H,49,50). The lowest BCUT2D eigenvalue weighted by molar-refractivity contribution is 0.0686. The van der Waals surface area contributed by atoms with Crippen LogP contribution in [0.3, 0.4) is 0 Å². The first-order chi connectivity index (χ1) is 49.0. The van der Waals surface area contributed by atoms with Crippen LogP contribution in [-0.4, -0.2) is 94.1 Å². The van der Waals surface area contributed by atoms with Crippen molar-refractivity contribution in [3.05, 3.63) is 248 Å². The average molecular weight is 1400 g/mol. The van der Waals surface area contributed by atoms with Crippen molar-refractivity contribution in [2.24, 2.45) is 24.9 Å². The van der Waals surface area contributed by atoms with Gasteiger partial charge < -0.3 is 28.8 Å². The smallest absolute Gasteiger partial charge is 0.335 e. The Hall–Kier alpha value is -12.2. The molecule has 2 aliphatic carbocycles. The van der Waals surface area contributed by atoms with Crippen LogP contribution in [0.4, 0.5) is 43.9 Å². The second kappa shape index (κ2) is 28.2. The first kappa shape index (κ1) is 68.3. The minimum absolute atomic E-state index is 0.0105. The molecule has 2 saturated carbocycles. The van der Waals surface area contributed by atoms with Crippen molar-refractivity contribution >= 4 is 34.0 Å². The van der Waals surface area contributed by atoms with Crippen molar-refractivity contribution in [2.75, 3.05) is 13.3 Å². The summed E-state index contributed by atoms with van der Waals surface area (Å²) in [5, 5.41) is 27.0. The van der Waals surface area contributed by atoms with Gasteiger partial charge in [0.15, 0.2) is 11.6 Å². The van der Waals surface area contributed by atoms with E-state index in [0.717, 1.165) is 36.4 Å². The second-order valence-electron chi connectivity index (χ2n) is 24.9. The number of ether oxygens (including phenoxy) is 2. The summed E-state index contributed by atoms with van der Waals surface area (Å²) < 4.78 is 167. The molecule has 0 bridgehead atoms. The Balaban J connectivity index is 0.000000182. The highest BCUT2D eigenvalue weighted by Gasteiger charge is 2.45. The quantitative estimate of drug-likeness (QED) is 0.0536. The van der Waals surface area contributed by atoms with Gasteiger partial charge in [-0.3, -0.25) is 28.1 Å². The second-order valence-corrected chi connectivity index (χ2v) is 24.9. The fraction of sp³-hybridized carbons (Fsp3) is 0.216. The minimum atomic E-state index is -1.36. The maximum absolute atomic E-state index is 15.6. The maximum Gasteiger partial charge on any atom is 0.335 e. The summed E-state index contributed by atoms with van der Waals surface area (Å²) in [4.78, 5) is 48.6. The fourth-order valence-electron chi connectivity index (χ4n) is 11.3. The third-order valence-electron chi connectivity index (χ3n) is 17.4. The number of aromatic nitrogens is 12. The Morgan fingerprint density at radius 1 is 0.480 bits per heavy atom. The number of fused-ring (bicyclic) bond motifs is 2. The molecular formula is C74H54F10N12O6. The van der Waals surface area contributed by atoms with Crippen LogP contribution >= 0.6 is 0 Å². The van der Waals surface area contributed by atoms with Crippen molar-refractivity contribution in [2.45, 2.75) is 64.8 Å². The van der Waals surface area contributed by atoms with E-state index in [0.29, 0.717) is 47.9 Å². The third-order valence-corrected chi connectivity index (χ3v) is 17.4. The Kier molecular flexibility index (Phi) is 18.9. The van der Waals surface area contributed by atoms with Gasteiger partial charge in [0.05, 0.1) is 70.4 Å². The Morgan fingerprint density at radius 3 is 1.24 bits per heavy atom. The van der Waals surface area contributed by atoms with E-state index in [-0.39, 0.29) is 141 Å². The maximum atomic E-state index is 15.6. The van der Waals surface area contributed by atoms with Crippen LogP contribution in [0.2, 0.25) is 0 Å². The van der Waals surface area contributed by atoms with Crippen molar-refractivity contribution < 1.29 is 73.2 Å². The molecule has 0 atom stereocenters. The van der Waals surface area contributed by atoms with Gasteiger partial charge in [0.2, 0.25) is 11.8 Å². The largest absolute Gasteiger partial charge is 0.478 e. The van der Waals surface area contributed by atoms with Crippen molar-refractivity contribution in [3.63, 3.8) is 0 Å². The normalized spacial score (nSPS) is 13.2. The average Bonchev–Trinajstić information content (AvgIpc) is 1.60. The van der Waals surface area contributed by atoms with Crippen LogP contribution in [-0.2, 0) is 53.2 Å². The van der Waals surface area contributed by atoms with Gasteiger partial charge >= 0.3 is 11.9 Å². The summed E-state index contributed by atoms with van der Waals surface area (Å²) in [6.45, 7) is -1.76. The number of nitrogens with zero attached hydrogens (tertiary/aromatic N) is 12. The third kappa shape index (κ3) is 15.0. The number of aryl methyl sites for hydroxylation is 2. The molecule has 102 heavy (non-hydrogen) atoms. The van der Waals surface area contributed by atoms with Crippen LogP contribution in [0.1, 0.15) is 103 Å². The summed E-state index contributed by atoms with van der Waals surface area (Å²) in [5.74, 6) is 2.59. The van der Waals surface area contributed by atoms with Crippen LogP contribution in [0.25, 0.3) is 44.6 Å². The first-order valence-electron chi connectivity index (χ1n) is 31.4. The number of hydrogen-bond acceptors (Lipinski definition) is 12. The zero-order chi connectivity index (χ0) is 71.7. The molecule has 0 amide bonds. The summed E-state index contributed by atoms with van der Waals surface area (Å²) in [6, 6.07) is 19.4. The van der Waals surface area contributed by atoms with E-state index in [1.165, 1.54) is 82.2 Å². The predicted octanol–water partition coefficient (Wildman–Crippen LogP) is 13.6. The predicted molar refractivity (Wildman–Crippen MR) is 349 cm³/mol. The number of rotatable bonds is 20. The molecule has 0 saturated heterocycles. The molecular weight excluding hydrogens is 1340 g/mol. The Morgan fingerprint density at radius 2 is 0.882 bits per heavy atom. The number of halogens is 10.